The number of hydrogen-bond donors (Lipinski definition) is 0. The third kappa shape index (κ3) is 2.88. The summed E-state index contributed by atoms with van der Waals surface area (Å²) < 4.78 is 3.27. The van der Waals surface area contributed by atoms with E-state index < -0.39 is 6.04 Å². The van der Waals surface area contributed by atoms with Crippen LogP contribution in [0, 0.1) is 5.92 Å². The first-order valence-corrected chi connectivity index (χ1v) is 9.97. The minimum Gasteiger partial charge on any atom is -0.340 e. The van der Waals surface area contributed by atoms with Crippen LogP contribution in [0.1, 0.15) is 31.0 Å². The highest BCUT2D eigenvalue weighted by Crippen LogP contribution is 2.35. The van der Waals surface area contributed by atoms with Crippen molar-refractivity contribution in [2.75, 3.05) is 13.1 Å². The average Bonchev–Trinajstić information content (AvgIpc) is 2.74. The van der Waals surface area contributed by atoms with Gasteiger partial charge >= 0.3 is 0 Å². The molecule has 0 N–H and O–H groups in total. The Hall–Kier alpha value is -3.22. The van der Waals surface area contributed by atoms with Gasteiger partial charge in [0.25, 0.3) is 11.1 Å². The quantitative estimate of drug-likeness (QED) is 0.668. The number of carbonyl (C=O) groups is 1. The molecule has 0 aliphatic carbocycles. The molecule has 0 spiro atoms. The molecule has 2 aromatic heterocycles. The van der Waals surface area contributed by atoms with Crippen LogP contribution in [0.2, 0.25) is 0 Å². The second-order valence-electron chi connectivity index (χ2n) is 8.09. The second-order valence-corrected chi connectivity index (χ2v) is 8.09. The highest BCUT2D eigenvalue weighted by molar-refractivity contribution is 5.81. The molecule has 2 aliphatic rings. The maximum absolute atomic E-state index is 13.3. The van der Waals surface area contributed by atoms with E-state index in [4.69, 9.17) is 0 Å². The molecule has 2 aliphatic heterocycles. The lowest BCUT2D eigenvalue weighted by atomic mass is 9.83. The Morgan fingerprint density at radius 1 is 1.07 bits per heavy atom. The maximum atomic E-state index is 13.3. The molecule has 29 heavy (non-hydrogen) atoms. The molecule has 7 nitrogen and oxygen atoms in total. The molecule has 5 rings (SSSR count). The van der Waals surface area contributed by atoms with Crippen LogP contribution in [-0.4, -0.2) is 38.0 Å². The molecule has 0 saturated carbocycles. The van der Waals surface area contributed by atoms with E-state index in [-0.39, 0.29) is 28.9 Å². The molecule has 2 bridgehead atoms. The van der Waals surface area contributed by atoms with Gasteiger partial charge in [-0.25, -0.2) is 4.98 Å². The first kappa shape index (κ1) is 17.8. The van der Waals surface area contributed by atoms with Crippen molar-refractivity contribution in [3.8, 4) is 0 Å². The monoisotopic (exact) mass is 390 g/mol. The number of nitrogens with zero attached hydrogens (tertiary/aromatic N) is 4. The predicted octanol–water partition coefficient (Wildman–Crippen LogP) is 1.77. The van der Waals surface area contributed by atoms with Gasteiger partial charge in [0.1, 0.15) is 6.04 Å². The van der Waals surface area contributed by atoms with E-state index in [9.17, 15) is 14.4 Å². The van der Waals surface area contributed by atoms with E-state index in [0.717, 1.165) is 12.1 Å². The topological polar surface area (TPSA) is 77.2 Å². The largest absolute Gasteiger partial charge is 0.340 e. The zero-order valence-corrected chi connectivity index (χ0v) is 16.2. The van der Waals surface area contributed by atoms with Crippen LogP contribution in [0.5, 0.6) is 0 Å². The Labute approximate surface area is 167 Å². The minimum absolute atomic E-state index is 0.0270. The summed E-state index contributed by atoms with van der Waals surface area (Å²) in [6.45, 7) is 3.57. The lowest BCUT2D eigenvalue weighted by Gasteiger charge is -2.43. The molecule has 1 amide bonds. The van der Waals surface area contributed by atoms with E-state index in [2.05, 4.69) is 4.98 Å². The lowest BCUT2D eigenvalue weighted by Crippen LogP contribution is -2.51. The SMILES string of the molecule is C[C@@H](C(=O)N1CC2CC(C1)c1cccc(=O)n1C2)n1cnc2ccccc2c1=O. The highest BCUT2D eigenvalue weighted by Gasteiger charge is 2.37. The van der Waals surface area contributed by atoms with E-state index in [1.807, 2.05) is 21.6 Å². The van der Waals surface area contributed by atoms with Gasteiger partial charge in [0, 0.05) is 37.3 Å². The normalized spacial score (nSPS) is 21.6. The summed E-state index contributed by atoms with van der Waals surface area (Å²) in [6.07, 6.45) is 2.45. The minimum atomic E-state index is -0.628. The van der Waals surface area contributed by atoms with Gasteiger partial charge in [-0.1, -0.05) is 18.2 Å². The number of amides is 1. The zero-order valence-electron chi connectivity index (χ0n) is 16.2. The summed E-state index contributed by atoms with van der Waals surface area (Å²) in [7, 11) is 0. The Morgan fingerprint density at radius 3 is 2.76 bits per heavy atom. The smallest absolute Gasteiger partial charge is 0.261 e. The summed E-state index contributed by atoms with van der Waals surface area (Å²) in [6, 6.07) is 11.9. The second kappa shape index (κ2) is 6.69. The molecular formula is C22H22N4O3. The maximum Gasteiger partial charge on any atom is 0.261 e. The van der Waals surface area contributed by atoms with Crippen molar-refractivity contribution in [3.05, 3.63) is 75.2 Å². The number of para-hydroxylation sites is 1. The van der Waals surface area contributed by atoms with Crippen molar-refractivity contribution >= 4 is 16.8 Å². The first-order chi connectivity index (χ1) is 14.0. The van der Waals surface area contributed by atoms with Gasteiger partial charge in [-0.05, 0) is 37.5 Å². The molecule has 0 radical (unpaired) electrons. The van der Waals surface area contributed by atoms with Gasteiger partial charge in [-0.15, -0.1) is 0 Å². The number of hydrogen-bond acceptors (Lipinski definition) is 4. The van der Waals surface area contributed by atoms with Crippen LogP contribution in [0.25, 0.3) is 10.9 Å². The number of pyridine rings is 1. The van der Waals surface area contributed by atoms with E-state index in [0.29, 0.717) is 30.5 Å². The summed E-state index contributed by atoms with van der Waals surface area (Å²) in [5.41, 5.74) is 1.45. The molecular weight excluding hydrogens is 368 g/mol. The highest BCUT2D eigenvalue weighted by atomic mass is 16.2. The van der Waals surface area contributed by atoms with Crippen LogP contribution < -0.4 is 11.1 Å². The Balaban J connectivity index is 1.44. The van der Waals surface area contributed by atoms with E-state index in [1.54, 1.807) is 37.3 Å². The standard InChI is InChI=1S/C22H22N4O3/c1-14(26-13-23-18-6-3-2-5-17(18)22(26)29)21(28)24-10-15-9-16(12-24)19-7-4-8-20(27)25(19)11-15/h2-8,13-16H,9-12H2,1H3/t14-,15?,16?/m0/s1. The van der Waals surface area contributed by atoms with Crippen molar-refractivity contribution in [3.63, 3.8) is 0 Å². The fraction of sp³-hybridized carbons (Fsp3) is 0.364. The van der Waals surface area contributed by atoms with Gasteiger partial charge in [-0.3, -0.25) is 19.0 Å². The third-order valence-electron chi connectivity index (χ3n) is 6.26. The number of carbonyl (C=O) groups excluding carboxylic acids is 1. The Bertz CT molecular complexity index is 1230. The van der Waals surface area contributed by atoms with Crippen LogP contribution in [0.4, 0.5) is 0 Å². The van der Waals surface area contributed by atoms with Crippen LogP contribution in [0.3, 0.4) is 0 Å². The van der Waals surface area contributed by atoms with Crippen molar-refractivity contribution < 1.29 is 4.79 Å². The Kier molecular flexibility index (Phi) is 4.12. The number of benzene rings is 1. The predicted molar refractivity (Wildman–Crippen MR) is 109 cm³/mol. The molecule has 3 atom stereocenters. The van der Waals surface area contributed by atoms with E-state index in [1.165, 1.54) is 10.9 Å². The first-order valence-electron chi connectivity index (χ1n) is 9.97. The summed E-state index contributed by atoms with van der Waals surface area (Å²) in [5.74, 6) is 0.327. The van der Waals surface area contributed by atoms with Crippen LogP contribution in [-0.2, 0) is 11.3 Å². The Morgan fingerprint density at radius 2 is 1.90 bits per heavy atom. The molecule has 2 unspecified atom stereocenters. The molecule has 1 saturated heterocycles. The van der Waals surface area contributed by atoms with Crippen molar-refractivity contribution in [1.29, 1.82) is 0 Å². The molecule has 1 fully saturated rings. The van der Waals surface area contributed by atoms with Gasteiger partial charge < -0.3 is 9.47 Å². The summed E-state index contributed by atoms with van der Waals surface area (Å²) in [4.78, 5) is 44.5. The lowest BCUT2D eigenvalue weighted by molar-refractivity contribution is -0.137. The van der Waals surface area contributed by atoms with E-state index >= 15 is 0 Å². The molecule has 4 heterocycles. The molecule has 1 aromatic carbocycles. The van der Waals surface area contributed by atoms with Gasteiger partial charge in [-0.2, -0.15) is 0 Å². The van der Waals surface area contributed by atoms with Crippen molar-refractivity contribution in [2.45, 2.75) is 31.8 Å². The fourth-order valence-corrected chi connectivity index (χ4v) is 4.82. The number of likely N-dealkylation sites (tertiary alicyclic amines) is 1. The third-order valence-corrected chi connectivity index (χ3v) is 6.26. The molecule has 148 valence electrons. The number of piperidine rings is 1. The van der Waals surface area contributed by atoms with Crippen LogP contribution >= 0.6 is 0 Å². The summed E-state index contributed by atoms with van der Waals surface area (Å²) >= 11 is 0. The number of aromatic nitrogens is 3. The number of rotatable bonds is 2. The number of fused-ring (bicyclic) bond motifs is 5. The molecule has 7 heteroatoms. The fourth-order valence-electron chi connectivity index (χ4n) is 4.82. The molecule has 3 aromatic rings. The zero-order chi connectivity index (χ0) is 20.1. The van der Waals surface area contributed by atoms with Gasteiger partial charge in [0.15, 0.2) is 0 Å². The van der Waals surface area contributed by atoms with Gasteiger partial charge in [0.05, 0.1) is 17.2 Å². The summed E-state index contributed by atoms with van der Waals surface area (Å²) in [5, 5.41) is 0.512. The van der Waals surface area contributed by atoms with Crippen molar-refractivity contribution in [1.82, 2.24) is 19.0 Å². The van der Waals surface area contributed by atoms with Gasteiger partial charge in [0.2, 0.25) is 5.91 Å². The van der Waals surface area contributed by atoms with Crippen LogP contribution in [0.15, 0.2) is 58.4 Å². The van der Waals surface area contributed by atoms with Crippen molar-refractivity contribution in [2.24, 2.45) is 5.92 Å². The average molecular weight is 390 g/mol.